The molecule has 23 heavy (non-hydrogen) atoms. The Morgan fingerprint density at radius 1 is 1.09 bits per heavy atom. The number of carbonyl (C=O) groups is 1. The van der Waals surface area contributed by atoms with Gasteiger partial charge in [-0.1, -0.05) is 6.07 Å². The maximum Gasteiger partial charge on any atom is 0.289 e. The Kier molecular flexibility index (Phi) is 3.25. The highest BCUT2D eigenvalue weighted by atomic mass is 16.3. The van der Waals surface area contributed by atoms with Crippen molar-refractivity contribution >= 4 is 17.5 Å². The van der Waals surface area contributed by atoms with E-state index in [0.29, 0.717) is 18.8 Å². The van der Waals surface area contributed by atoms with E-state index in [1.54, 1.807) is 12.1 Å². The summed E-state index contributed by atoms with van der Waals surface area (Å²) in [5.41, 5.74) is 1.94. The lowest BCUT2D eigenvalue weighted by Crippen LogP contribution is -2.49. The summed E-state index contributed by atoms with van der Waals surface area (Å²) in [5, 5.41) is 8.54. The van der Waals surface area contributed by atoms with Crippen LogP contribution < -0.4 is 4.90 Å². The number of hydrogen-bond donors (Lipinski definition) is 0. The summed E-state index contributed by atoms with van der Waals surface area (Å²) < 4.78 is 7.24. The molecule has 7 heteroatoms. The Hall–Kier alpha value is -2.83. The van der Waals surface area contributed by atoms with Crippen molar-refractivity contribution in [3.05, 3.63) is 48.0 Å². The van der Waals surface area contributed by atoms with Crippen LogP contribution in [0.3, 0.4) is 0 Å². The minimum absolute atomic E-state index is 0.0584. The molecule has 0 saturated carbocycles. The van der Waals surface area contributed by atoms with Crippen molar-refractivity contribution in [2.75, 3.05) is 31.1 Å². The summed E-state index contributed by atoms with van der Waals surface area (Å²) in [4.78, 5) is 16.3. The van der Waals surface area contributed by atoms with Crippen LogP contribution in [0.2, 0.25) is 0 Å². The number of hydrogen-bond acceptors (Lipinski definition) is 5. The third kappa shape index (κ3) is 2.34. The standard InChI is InChI=1S/C16H17N5O2/c1-12-4-2-6-14-17-18-16(21(12)14)20-9-7-19(8-10-20)15(22)13-5-3-11-23-13/h2-6,11H,7-10H2,1H3. The fraction of sp³-hybridized carbons (Fsp3) is 0.312. The molecule has 0 unspecified atom stereocenters. The van der Waals surface area contributed by atoms with Crippen LogP contribution in [-0.2, 0) is 0 Å². The zero-order chi connectivity index (χ0) is 15.8. The predicted molar refractivity (Wildman–Crippen MR) is 84.5 cm³/mol. The number of nitrogens with zero attached hydrogens (tertiary/aromatic N) is 5. The van der Waals surface area contributed by atoms with E-state index in [1.165, 1.54) is 6.26 Å². The second-order valence-corrected chi connectivity index (χ2v) is 5.62. The maximum atomic E-state index is 12.3. The molecule has 0 spiro atoms. The average Bonchev–Trinajstić information content (AvgIpc) is 3.25. The Balaban J connectivity index is 1.52. The molecule has 0 atom stereocenters. The van der Waals surface area contributed by atoms with E-state index in [1.807, 2.05) is 34.4 Å². The molecule has 1 aliphatic rings. The molecule has 0 N–H and O–H groups in total. The van der Waals surface area contributed by atoms with Gasteiger partial charge < -0.3 is 14.2 Å². The van der Waals surface area contributed by atoms with Gasteiger partial charge in [-0.05, 0) is 31.2 Å². The first kappa shape index (κ1) is 13.8. The number of rotatable bonds is 2. The second kappa shape index (κ2) is 5.42. The number of fused-ring (bicyclic) bond motifs is 1. The van der Waals surface area contributed by atoms with E-state index in [9.17, 15) is 4.79 Å². The van der Waals surface area contributed by atoms with Crippen LogP contribution in [0.25, 0.3) is 5.65 Å². The van der Waals surface area contributed by atoms with Crippen LogP contribution in [-0.4, -0.2) is 51.6 Å². The van der Waals surface area contributed by atoms with Crippen LogP contribution in [0.5, 0.6) is 0 Å². The molecule has 4 rings (SSSR count). The van der Waals surface area contributed by atoms with E-state index in [2.05, 4.69) is 15.1 Å². The number of pyridine rings is 1. The fourth-order valence-electron chi connectivity index (χ4n) is 2.95. The van der Waals surface area contributed by atoms with Gasteiger partial charge in [0.15, 0.2) is 11.4 Å². The van der Waals surface area contributed by atoms with Crippen LogP contribution in [0.4, 0.5) is 5.95 Å². The molecule has 0 bridgehead atoms. The van der Waals surface area contributed by atoms with Gasteiger partial charge in [0, 0.05) is 31.9 Å². The van der Waals surface area contributed by atoms with E-state index >= 15 is 0 Å². The molecule has 1 aliphatic heterocycles. The molecular formula is C16H17N5O2. The zero-order valence-corrected chi connectivity index (χ0v) is 12.8. The van der Waals surface area contributed by atoms with E-state index in [0.717, 1.165) is 30.4 Å². The van der Waals surface area contributed by atoms with Crippen molar-refractivity contribution in [2.24, 2.45) is 0 Å². The molecule has 7 nitrogen and oxygen atoms in total. The maximum absolute atomic E-state index is 12.3. The molecule has 0 aromatic carbocycles. The first-order valence-corrected chi connectivity index (χ1v) is 7.62. The largest absolute Gasteiger partial charge is 0.459 e. The monoisotopic (exact) mass is 311 g/mol. The fourth-order valence-corrected chi connectivity index (χ4v) is 2.95. The van der Waals surface area contributed by atoms with Crippen LogP contribution in [0.1, 0.15) is 16.2 Å². The number of carbonyl (C=O) groups excluding carboxylic acids is 1. The van der Waals surface area contributed by atoms with Crippen LogP contribution >= 0.6 is 0 Å². The Morgan fingerprint density at radius 3 is 2.65 bits per heavy atom. The lowest BCUT2D eigenvalue weighted by atomic mass is 10.3. The van der Waals surface area contributed by atoms with Gasteiger partial charge in [0.2, 0.25) is 5.95 Å². The summed E-state index contributed by atoms with van der Waals surface area (Å²) in [6, 6.07) is 9.39. The zero-order valence-electron chi connectivity index (χ0n) is 12.8. The minimum Gasteiger partial charge on any atom is -0.459 e. The summed E-state index contributed by atoms with van der Waals surface area (Å²) in [5.74, 6) is 1.17. The highest BCUT2D eigenvalue weighted by molar-refractivity contribution is 5.91. The highest BCUT2D eigenvalue weighted by Crippen LogP contribution is 2.18. The van der Waals surface area contributed by atoms with Crippen molar-refractivity contribution in [1.29, 1.82) is 0 Å². The van der Waals surface area contributed by atoms with Gasteiger partial charge in [-0.2, -0.15) is 0 Å². The minimum atomic E-state index is -0.0584. The molecule has 1 saturated heterocycles. The van der Waals surface area contributed by atoms with E-state index in [4.69, 9.17) is 4.42 Å². The molecule has 118 valence electrons. The van der Waals surface area contributed by atoms with Crippen molar-refractivity contribution in [3.8, 4) is 0 Å². The molecule has 4 heterocycles. The average molecular weight is 311 g/mol. The van der Waals surface area contributed by atoms with Crippen molar-refractivity contribution in [3.63, 3.8) is 0 Å². The Morgan fingerprint density at radius 2 is 1.91 bits per heavy atom. The Bertz CT molecular complexity index is 831. The highest BCUT2D eigenvalue weighted by Gasteiger charge is 2.26. The van der Waals surface area contributed by atoms with Gasteiger partial charge in [0.1, 0.15) is 0 Å². The van der Waals surface area contributed by atoms with Gasteiger partial charge in [-0.3, -0.25) is 9.20 Å². The summed E-state index contributed by atoms with van der Waals surface area (Å²) >= 11 is 0. The SMILES string of the molecule is Cc1cccc2nnc(N3CCN(C(=O)c4ccco4)CC3)n12. The van der Waals surface area contributed by atoms with E-state index < -0.39 is 0 Å². The smallest absolute Gasteiger partial charge is 0.289 e. The lowest BCUT2D eigenvalue weighted by Gasteiger charge is -2.34. The normalized spacial score (nSPS) is 15.3. The van der Waals surface area contributed by atoms with Crippen molar-refractivity contribution in [1.82, 2.24) is 19.5 Å². The first-order valence-electron chi connectivity index (χ1n) is 7.62. The number of anilines is 1. The molecule has 3 aromatic heterocycles. The molecular weight excluding hydrogens is 294 g/mol. The molecule has 1 fully saturated rings. The van der Waals surface area contributed by atoms with Gasteiger partial charge in [0.05, 0.1) is 6.26 Å². The molecule has 1 amide bonds. The molecule has 3 aromatic rings. The predicted octanol–water partition coefficient (Wildman–Crippen LogP) is 1.59. The molecule has 0 radical (unpaired) electrons. The third-order valence-electron chi connectivity index (χ3n) is 4.19. The summed E-state index contributed by atoms with van der Waals surface area (Å²) in [7, 11) is 0. The summed E-state index contributed by atoms with van der Waals surface area (Å²) in [6.45, 7) is 4.76. The molecule has 0 aliphatic carbocycles. The number of aryl methyl sites for hydroxylation is 1. The number of furan rings is 1. The van der Waals surface area contributed by atoms with E-state index in [-0.39, 0.29) is 5.91 Å². The van der Waals surface area contributed by atoms with Gasteiger partial charge in [-0.15, -0.1) is 10.2 Å². The summed E-state index contributed by atoms with van der Waals surface area (Å²) in [6.07, 6.45) is 1.52. The number of piperazine rings is 1. The first-order chi connectivity index (χ1) is 11.2. The quantitative estimate of drug-likeness (QED) is 0.719. The van der Waals surface area contributed by atoms with Crippen molar-refractivity contribution in [2.45, 2.75) is 6.92 Å². The second-order valence-electron chi connectivity index (χ2n) is 5.62. The van der Waals surface area contributed by atoms with Crippen LogP contribution in [0, 0.1) is 6.92 Å². The Labute approximate surface area is 133 Å². The third-order valence-corrected chi connectivity index (χ3v) is 4.19. The lowest BCUT2D eigenvalue weighted by molar-refractivity contribution is 0.0714. The van der Waals surface area contributed by atoms with Gasteiger partial charge in [0.25, 0.3) is 5.91 Å². The van der Waals surface area contributed by atoms with Gasteiger partial charge >= 0.3 is 0 Å². The number of amides is 1. The topological polar surface area (TPSA) is 66.9 Å². The van der Waals surface area contributed by atoms with Crippen molar-refractivity contribution < 1.29 is 9.21 Å². The van der Waals surface area contributed by atoms with Gasteiger partial charge in [-0.25, -0.2) is 0 Å². The number of aromatic nitrogens is 3. The van der Waals surface area contributed by atoms with Crippen LogP contribution in [0.15, 0.2) is 41.0 Å².